The van der Waals surface area contributed by atoms with Crippen LogP contribution in [0, 0.1) is 4.64 Å². The van der Waals surface area contributed by atoms with Crippen LogP contribution < -0.4 is 0 Å². The summed E-state index contributed by atoms with van der Waals surface area (Å²) in [4.78, 5) is 10.2. The summed E-state index contributed by atoms with van der Waals surface area (Å²) < 4.78 is 6.46. The zero-order chi connectivity index (χ0) is 14.7. The van der Waals surface area contributed by atoms with Crippen LogP contribution in [0.15, 0.2) is 36.4 Å². The second-order valence-electron chi connectivity index (χ2n) is 5.14. The topological polar surface area (TPSA) is 41.1 Å². The van der Waals surface area contributed by atoms with E-state index < -0.39 is 0 Å². The number of hydrogen-bond acceptors (Lipinski definition) is 4. The Morgan fingerprint density at radius 2 is 2.19 bits per heavy atom. The van der Waals surface area contributed by atoms with Crippen molar-refractivity contribution in [3.05, 3.63) is 46.9 Å². The summed E-state index contributed by atoms with van der Waals surface area (Å²) in [5, 5.41) is 0. The smallest absolute Gasteiger partial charge is 0.138 e. The number of aromatic amines is 1. The van der Waals surface area contributed by atoms with E-state index in [4.69, 9.17) is 17.0 Å². The maximum Gasteiger partial charge on any atom is 0.138 e. The first-order chi connectivity index (χ1) is 10.3. The highest BCUT2D eigenvalue weighted by Crippen LogP contribution is 2.22. The van der Waals surface area contributed by atoms with Crippen LogP contribution in [0.2, 0.25) is 0 Å². The normalized spacial score (nSPS) is 19.6. The van der Waals surface area contributed by atoms with Crippen molar-refractivity contribution in [2.75, 3.05) is 26.2 Å². The van der Waals surface area contributed by atoms with Crippen molar-refractivity contribution < 1.29 is 4.74 Å². The van der Waals surface area contributed by atoms with Crippen molar-refractivity contribution >= 4 is 12.2 Å². The number of ether oxygens (including phenoxy) is 1. The van der Waals surface area contributed by atoms with Crippen molar-refractivity contribution in [2.45, 2.75) is 13.0 Å². The largest absolute Gasteiger partial charge is 0.368 e. The molecule has 3 rings (SSSR count). The van der Waals surface area contributed by atoms with Gasteiger partial charge in [-0.05, 0) is 18.2 Å². The van der Waals surface area contributed by atoms with E-state index in [-0.39, 0.29) is 6.10 Å². The van der Waals surface area contributed by atoms with Crippen LogP contribution >= 0.6 is 12.2 Å². The molecule has 0 bridgehead atoms. The minimum Gasteiger partial charge on any atom is -0.368 e. The fourth-order valence-electron chi connectivity index (χ4n) is 2.56. The monoisotopic (exact) mass is 301 g/mol. The molecule has 1 unspecified atom stereocenters. The van der Waals surface area contributed by atoms with Gasteiger partial charge in [0.1, 0.15) is 16.6 Å². The molecule has 4 nitrogen and oxygen atoms in total. The lowest BCUT2D eigenvalue weighted by Gasteiger charge is -2.31. The highest BCUT2D eigenvalue weighted by atomic mass is 32.1. The number of hydrogen-bond donors (Lipinski definition) is 1. The molecule has 1 aromatic heterocycles. The average Bonchev–Trinajstić information content (AvgIpc) is 2.55. The Balaban J connectivity index is 1.93. The quantitative estimate of drug-likeness (QED) is 0.884. The number of H-pyrrole nitrogens is 1. The molecule has 0 radical (unpaired) electrons. The van der Waals surface area contributed by atoms with Crippen molar-refractivity contribution in [1.82, 2.24) is 14.9 Å². The van der Waals surface area contributed by atoms with Gasteiger partial charge >= 0.3 is 0 Å². The average molecular weight is 301 g/mol. The highest BCUT2D eigenvalue weighted by molar-refractivity contribution is 7.71. The maximum absolute atomic E-state index is 5.86. The van der Waals surface area contributed by atoms with E-state index in [1.807, 2.05) is 24.3 Å². The summed E-state index contributed by atoms with van der Waals surface area (Å²) in [5.74, 6) is 0.819. The summed E-state index contributed by atoms with van der Waals surface area (Å²) in [6.07, 6.45) is -0.0379. The molecule has 5 heteroatoms. The molecule has 0 spiro atoms. The molecule has 1 fully saturated rings. The summed E-state index contributed by atoms with van der Waals surface area (Å²) in [5.41, 5.74) is 2.10. The van der Waals surface area contributed by atoms with Gasteiger partial charge in [-0.1, -0.05) is 49.5 Å². The van der Waals surface area contributed by atoms with E-state index >= 15 is 0 Å². The van der Waals surface area contributed by atoms with Crippen LogP contribution in [0.1, 0.15) is 18.9 Å². The molecule has 1 aliphatic rings. The van der Waals surface area contributed by atoms with Gasteiger partial charge in [-0.25, -0.2) is 4.98 Å². The molecular formula is C16H19N3OS. The van der Waals surface area contributed by atoms with Crippen LogP contribution in [0.3, 0.4) is 0 Å². The van der Waals surface area contributed by atoms with Crippen LogP contribution in [0.4, 0.5) is 0 Å². The molecule has 110 valence electrons. The van der Waals surface area contributed by atoms with Crippen LogP contribution in [-0.4, -0.2) is 41.1 Å². The van der Waals surface area contributed by atoms with Gasteiger partial charge in [0.15, 0.2) is 0 Å². The summed E-state index contributed by atoms with van der Waals surface area (Å²) in [6, 6.07) is 12.1. The van der Waals surface area contributed by atoms with E-state index in [1.165, 1.54) is 0 Å². The molecule has 0 saturated carbocycles. The van der Waals surface area contributed by atoms with Gasteiger partial charge in [0.2, 0.25) is 0 Å². The van der Waals surface area contributed by atoms with E-state index in [2.05, 4.69) is 33.9 Å². The SMILES string of the molecule is CCN1CCOC(c2nc(=S)cc(-c3ccccc3)[nH]2)C1. The standard InChI is InChI=1S/C16H19N3OS/c1-2-19-8-9-20-14(11-19)16-17-13(10-15(21)18-16)12-6-4-3-5-7-12/h3-7,10,14H,2,8-9,11H2,1H3,(H,17,18,21). The molecule has 0 aliphatic carbocycles. The van der Waals surface area contributed by atoms with Gasteiger partial charge in [0.25, 0.3) is 0 Å². The first-order valence-electron chi connectivity index (χ1n) is 7.27. The van der Waals surface area contributed by atoms with Gasteiger partial charge in [0, 0.05) is 18.8 Å². The molecule has 2 heterocycles. The number of nitrogens with one attached hydrogen (secondary N) is 1. The Morgan fingerprint density at radius 3 is 2.95 bits per heavy atom. The Kier molecular flexibility index (Phi) is 4.43. The van der Waals surface area contributed by atoms with Crippen LogP contribution in [0.5, 0.6) is 0 Å². The molecule has 1 aliphatic heterocycles. The third kappa shape index (κ3) is 3.37. The molecule has 1 aromatic carbocycles. The number of rotatable bonds is 3. The second kappa shape index (κ2) is 6.47. The summed E-state index contributed by atoms with van der Waals surface area (Å²) >= 11 is 5.31. The highest BCUT2D eigenvalue weighted by Gasteiger charge is 2.23. The molecule has 0 amide bonds. The number of nitrogens with zero attached hydrogens (tertiary/aromatic N) is 2. The van der Waals surface area contributed by atoms with Crippen molar-refractivity contribution in [3.8, 4) is 11.3 Å². The Bertz CT molecular complexity index is 656. The van der Waals surface area contributed by atoms with E-state index in [0.29, 0.717) is 4.64 Å². The van der Waals surface area contributed by atoms with Gasteiger partial charge in [-0.15, -0.1) is 0 Å². The van der Waals surface area contributed by atoms with Gasteiger partial charge < -0.3 is 9.72 Å². The zero-order valence-electron chi connectivity index (χ0n) is 12.1. The Labute approximate surface area is 129 Å². The lowest BCUT2D eigenvalue weighted by atomic mass is 10.1. The lowest BCUT2D eigenvalue weighted by Crippen LogP contribution is -2.38. The molecule has 1 saturated heterocycles. The third-order valence-electron chi connectivity index (χ3n) is 3.75. The van der Waals surface area contributed by atoms with Crippen LogP contribution in [0.25, 0.3) is 11.3 Å². The number of likely N-dealkylation sites (N-methyl/N-ethyl adjacent to an activating group) is 1. The molecule has 1 N–H and O–H groups in total. The zero-order valence-corrected chi connectivity index (χ0v) is 12.9. The minimum absolute atomic E-state index is 0.0379. The number of morpholine rings is 1. The lowest BCUT2D eigenvalue weighted by molar-refractivity contribution is -0.0325. The van der Waals surface area contributed by atoms with Crippen LogP contribution in [-0.2, 0) is 4.74 Å². The second-order valence-corrected chi connectivity index (χ2v) is 5.56. The van der Waals surface area contributed by atoms with E-state index in [0.717, 1.165) is 43.3 Å². The predicted octanol–water partition coefficient (Wildman–Crippen LogP) is 3.20. The van der Waals surface area contributed by atoms with Gasteiger partial charge in [-0.3, -0.25) is 4.90 Å². The fraction of sp³-hybridized carbons (Fsp3) is 0.375. The third-order valence-corrected chi connectivity index (χ3v) is 3.96. The summed E-state index contributed by atoms with van der Waals surface area (Å²) in [7, 11) is 0. The number of aromatic nitrogens is 2. The molecule has 2 aromatic rings. The van der Waals surface area contributed by atoms with E-state index in [1.54, 1.807) is 0 Å². The summed E-state index contributed by atoms with van der Waals surface area (Å²) in [6.45, 7) is 5.76. The Hall–Kier alpha value is -1.56. The first kappa shape index (κ1) is 14.4. The number of benzene rings is 1. The van der Waals surface area contributed by atoms with Gasteiger partial charge in [0.05, 0.1) is 6.61 Å². The maximum atomic E-state index is 5.86. The first-order valence-corrected chi connectivity index (χ1v) is 7.67. The molecular weight excluding hydrogens is 282 g/mol. The van der Waals surface area contributed by atoms with E-state index in [9.17, 15) is 0 Å². The van der Waals surface area contributed by atoms with Crippen molar-refractivity contribution in [1.29, 1.82) is 0 Å². The van der Waals surface area contributed by atoms with Crippen molar-refractivity contribution in [2.24, 2.45) is 0 Å². The van der Waals surface area contributed by atoms with Gasteiger partial charge in [-0.2, -0.15) is 0 Å². The minimum atomic E-state index is -0.0379. The fourth-order valence-corrected chi connectivity index (χ4v) is 2.77. The Morgan fingerprint density at radius 1 is 1.38 bits per heavy atom. The van der Waals surface area contributed by atoms with Crippen molar-refractivity contribution in [3.63, 3.8) is 0 Å². The predicted molar refractivity (Wildman–Crippen MR) is 85.7 cm³/mol. The molecule has 1 atom stereocenters. The molecule has 21 heavy (non-hydrogen) atoms.